The van der Waals surface area contributed by atoms with Gasteiger partial charge in [-0.2, -0.15) is 4.98 Å². The van der Waals surface area contributed by atoms with Gasteiger partial charge in [0.1, 0.15) is 0 Å². The second-order valence-electron chi connectivity index (χ2n) is 7.56. The van der Waals surface area contributed by atoms with Gasteiger partial charge in [-0.1, -0.05) is 5.16 Å². The van der Waals surface area contributed by atoms with E-state index in [1.807, 2.05) is 0 Å². The van der Waals surface area contributed by atoms with Gasteiger partial charge in [0.25, 0.3) is 0 Å². The van der Waals surface area contributed by atoms with Crippen LogP contribution in [0.5, 0.6) is 0 Å². The minimum absolute atomic E-state index is 0.173. The minimum atomic E-state index is 0.173. The Kier molecular flexibility index (Phi) is 3.82. The fourth-order valence-corrected chi connectivity index (χ4v) is 3.41. The lowest BCUT2D eigenvalue weighted by molar-refractivity contribution is 0.0795. The summed E-state index contributed by atoms with van der Waals surface area (Å²) in [5.41, 5.74) is 0. The monoisotopic (exact) mass is 344 g/mol. The number of aromatic nitrogens is 4. The summed E-state index contributed by atoms with van der Waals surface area (Å²) in [4.78, 5) is 9.37. The average molecular weight is 344 g/mol. The fraction of sp³-hybridized carbons (Fsp3) is 0.765. The molecule has 8 nitrogen and oxygen atoms in total. The van der Waals surface area contributed by atoms with E-state index in [0.717, 1.165) is 56.2 Å². The summed E-state index contributed by atoms with van der Waals surface area (Å²) in [5, 5.41) is 12.5. The molecular weight excluding hydrogens is 320 g/mol. The maximum Gasteiger partial charge on any atom is 0.243 e. The van der Waals surface area contributed by atoms with Crippen molar-refractivity contribution >= 4 is 0 Å². The zero-order valence-electron chi connectivity index (χ0n) is 14.6. The molecule has 0 N–H and O–H groups in total. The number of hydrogen-bond donors (Lipinski definition) is 0. The Balaban J connectivity index is 1.14. The molecule has 2 aromatic rings. The molecule has 0 aromatic carbocycles. The van der Waals surface area contributed by atoms with Crippen molar-refractivity contribution in [1.29, 1.82) is 0 Å². The van der Waals surface area contributed by atoms with Crippen LogP contribution in [0.25, 0.3) is 0 Å². The minimum Gasteiger partial charge on any atom is -0.424 e. The van der Waals surface area contributed by atoms with Crippen LogP contribution in [0.2, 0.25) is 0 Å². The van der Waals surface area contributed by atoms with Crippen LogP contribution < -0.4 is 0 Å². The molecule has 0 spiro atoms. The SMILES string of the molecule is CC(c1nc(C2CC2)no1)N1CCN(Cc2nnc(C3CC3)o2)CC1. The summed E-state index contributed by atoms with van der Waals surface area (Å²) in [6.07, 6.45) is 4.78. The van der Waals surface area contributed by atoms with Crippen LogP contribution >= 0.6 is 0 Å². The number of hydrogen-bond acceptors (Lipinski definition) is 8. The molecule has 3 heterocycles. The van der Waals surface area contributed by atoms with Crippen molar-refractivity contribution in [3.63, 3.8) is 0 Å². The van der Waals surface area contributed by atoms with Gasteiger partial charge >= 0.3 is 0 Å². The molecule has 134 valence electrons. The highest BCUT2D eigenvalue weighted by molar-refractivity contribution is 5.05. The van der Waals surface area contributed by atoms with Crippen LogP contribution in [0.15, 0.2) is 8.94 Å². The van der Waals surface area contributed by atoms with E-state index in [9.17, 15) is 0 Å². The highest BCUT2D eigenvalue weighted by Crippen LogP contribution is 2.39. The van der Waals surface area contributed by atoms with E-state index in [4.69, 9.17) is 8.94 Å². The van der Waals surface area contributed by atoms with Crippen molar-refractivity contribution in [2.24, 2.45) is 0 Å². The van der Waals surface area contributed by atoms with Crippen molar-refractivity contribution < 1.29 is 8.94 Å². The molecule has 2 aliphatic carbocycles. The molecule has 3 fully saturated rings. The number of piperazine rings is 1. The van der Waals surface area contributed by atoms with E-state index < -0.39 is 0 Å². The van der Waals surface area contributed by atoms with E-state index in [-0.39, 0.29) is 6.04 Å². The molecule has 1 atom stereocenters. The summed E-state index contributed by atoms with van der Waals surface area (Å²) >= 11 is 0. The molecule has 5 rings (SSSR count). The molecule has 1 unspecified atom stereocenters. The van der Waals surface area contributed by atoms with Gasteiger partial charge in [0.2, 0.25) is 17.7 Å². The normalized spacial score (nSPS) is 23.9. The molecule has 25 heavy (non-hydrogen) atoms. The maximum atomic E-state index is 5.77. The Morgan fingerprint density at radius 1 is 1.04 bits per heavy atom. The maximum absolute atomic E-state index is 5.77. The Morgan fingerprint density at radius 3 is 2.52 bits per heavy atom. The molecule has 1 saturated heterocycles. The Bertz CT molecular complexity index is 727. The van der Waals surface area contributed by atoms with E-state index in [2.05, 4.69) is 37.1 Å². The number of rotatable bonds is 6. The zero-order chi connectivity index (χ0) is 16.8. The van der Waals surface area contributed by atoms with E-state index >= 15 is 0 Å². The van der Waals surface area contributed by atoms with Gasteiger partial charge in [-0.3, -0.25) is 9.80 Å². The molecule has 0 radical (unpaired) electrons. The molecule has 2 saturated carbocycles. The summed E-state index contributed by atoms with van der Waals surface area (Å²) in [5.74, 6) is 4.27. The van der Waals surface area contributed by atoms with Crippen LogP contribution in [0.3, 0.4) is 0 Å². The Hall–Kier alpha value is -1.80. The van der Waals surface area contributed by atoms with Crippen molar-refractivity contribution in [2.75, 3.05) is 26.2 Å². The van der Waals surface area contributed by atoms with Gasteiger partial charge in [-0.25, -0.2) is 0 Å². The van der Waals surface area contributed by atoms with E-state index in [1.165, 1.54) is 25.7 Å². The molecule has 3 aliphatic rings. The highest BCUT2D eigenvalue weighted by Gasteiger charge is 2.32. The van der Waals surface area contributed by atoms with Gasteiger partial charge in [-0.15, -0.1) is 10.2 Å². The third-order valence-corrected chi connectivity index (χ3v) is 5.48. The van der Waals surface area contributed by atoms with Crippen LogP contribution in [0, 0.1) is 0 Å². The van der Waals surface area contributed by atoms with E-state index in [1.54, 1.807) is 0 Å². The average Bonchev–Trinajstić information content (AvgIpc) is 3.57. The van der Waals surface area contributed by atoms with Crippen molar-refractivity contribution in [3.05, 3.63) is 23.5 Å². The van der Waals surface area contributed by atoms with Crippen molar-refractivity contribution in [1.82, 2.24) is 30.1 Å². The topological polar surface area (TPSA) is 84.3 Å². The molecule has 8 heteroatoms. The largest absolute Gasteiger partial charge is 0.424 e. The first-order valence-electron chi connectivity index (χ1n) is 9.38. The molecular formula is C17H24N6O2. The number of nitrogens with zero attached hydrogens (tertiary/aromatic N) is 6. The second-order valence-corrected chi connectivity index (χ2v) is 7.56. The van der Waals surface area contributed by atoms with Crippen LogP contribution in [0.1, 0.15) is 74.0 Å². The fourth-order valence-electron chi connectivity index (χ4n) is 3.41. The lowest BCUT2D eigenvalue weighted by Gasteiger charge is -2.36. The summed E-state index contributed by atoms with van der Waals surface area (Å²) < 4.78 is 11.3. The first-order chi connectivity index (χ1) is 12.3. The molecule has 2 aromatic heterocycles. The highest BCUT2D eigenvalue weighted by atomic mass is 16.5. The van der Waals surface area contributed by atoms with Gasteiger partial charge in [0, 0.05) is 38.0 Å². The molecule has 1 aliphatic heterocycles. The summed E-state index contributed by atoms with van der Waals surface area (Å²) in [7, 11) is 0. The second kappa shape index (κ2) is 6.17. The van der Waals surface area contributed by atoms with Crippen LogP contribution in [-0.4, -0.2) is 56.3 Å². The van der Waals surface area contributed by atoms with Gasteiger partial charge in [-0.05, 0) is 32.6 Å². The van der Waals surface area contributed by atoms with Crippen LogP contribution in [-0.2, 0) is 6.54 Å². The first-order valence-corrected chi connectivity index (χ1v) is 9.38. The molecule has 0 amide bonds. The van der Waals surface area contributed by atoms with Gasteiger partial charge in [0.15, 0.2) is 5.82 Å². The van der Waals surface area contributed by atoms with Crippen molar-refractivity contribution in [3.8, 4) is 0 Å². The quantitative estimate of drug-likeness (QED) is 0.787. The Labute approximate surface area is 146 Å². The molecule has 0 bridgehead atoms. The van der Waals surface area contributed by atoms with Crippen molar-refractivity contribution in [2.45, 2.75) is 57.0 Å². The zero-order valence-corrected chi connectivity index (χ0v) is 14.6. The van der Waals surface area contributed by atoms with Crippen LogP contribution in [0.4, 0.5) is 0 Å². The lowest BCUT2D eigenvalue weighted by Crippen LogP contribution is -2.46. The third kappa shape index (κ3) is 3.32. The lowest BCUT2D eigenvalue weighted by atomic mass is 10.2. The first kappa shape index (κ1) is 15.5. The predicted octanol–water partition coefficient (Wildman–Crippen LogP) is 2.09. The Morgan fingerprint density at radius 2 is 1.80 bits per heavy atom. The third-order valence-electron chi connectivity index (χ3n) is 5.48. The summed E-state index contributed by atoms with van der Waals surface area (Å²) in [6, 6.07) is 0.173. The van der Waals surface area contributed by atoms with Gasteiger partial charge < -0.3 is 8.94 Å². The smallest absolute Gasteiger partial charge is 0.243 e. The standard InChI is InChI=1S/C17H24N6O2/c1-11(16-18-15(21-25-16)12-2-3-12)23-8-6-22(7-9-23)10-14-19-20-17(24-14)13-4-5-13/h11-13H,2-10H2,1H3. The summed E-state index contributed by atoms with van der Waals surface area (Å²) in [6.45, 7) is 6.82. The predicted molar refractivity (Wildman–Crippen MR) is 87.8 cm³/mol. The van der Waals surface area contributed by atoms with E-state index in [0.29, 0.717) is 11.8 Å². The van der Waals surface area contributed by atoms with Gasteiger partial charge in [0.05, 0.1) is 12.6 Å².